The summed E-state index contributed by atoms with van der Waals surface area (Å²) in [5.41, 5.74) is 1.34. The number of hydrogen-bond donors (Lipinski definition) is 6. The zero-order valence-electron chi connectivity index (χ0n) is 18.4. The van der Waals surface area contributed by atoms with Gasteiger partial charge in [-0.05, 0) is 55.4 Å². The Balaban J connectivity index is 0. The van der Waals surface area contributed by atoms with Crippen LogP contribution in [-0.4, -0.2) is 45.4 Å². The van der Waals surface area contributed by atoms with E-state index in [1.54, 1.807) is 25.2 Å². The molecule has 0 aliphatic heterocycles. The summed E-state index contributed by atoms with van der Waals surface area (Å²) in [5.74, 6) is -1.33. The van der Waals surface area contributed by atoms with Gasteiger partial charge in [0, 0.05) is 12.6 Å². The molecule has 0 heterocycles. The zero-order chi connectivity index (χ0) is 23.7. The summed E-state index contributed by atoms with van der Waals surface area (Å²) >= 11 is 0. The van der Waals surface area contributed by atoms with Crippen LogP contribution in [0.25, 0.3) is 0 Å². The fourth-order valence-corrected chi connectivity index (χ4v) is 1.99. The molecule has 0 fully saturated rings. The second-order valence-corrected chi connectivity index (χ2v) is 5.43. The molecule has 2 aromatic rings. The largest absolute Gasteiger partial charge is 0.508 e. The third-order valence-electron chi connectivity index (χ3n) is 3.31. The number of carboxylic acid groups (broad SMARTS) is 1. The predicted molar refractivity (Wildman–Crippen MR) is 119 cm³/mol. The van der Waals surface area contributed by atoms with E-state index in [0.717, 1.165) is 0 Å². The van der Waals surface area contributed by atoms with Crippen molar-refractivity contribution in [1.82, 2.24) is 5.32 Å². The number of benzene rings is 2. The molecule has 0 spiro atoms. The fourth-order valence-electron chi connectivity index (χ4n) is 1.99. The Morgan fingerprint density at radius 1 is 0.900 bits per heavy atom. The van der Waals surface area contributed by atoms with Gasteiger partial charge < -0.3 is 31.1 Å². The first kappa shape index (κ1) is 28.9. The quantitative estimate of drug-likeness (QED) is 0.319. The molecule has 2 rings (SSSR count). The highest BCUT2D eigenvalue weighted by atomic mass is 16.4. The summed E-state index contributed by atoms with van der Waals surface area (Å²) in [6.07, 6.45) is 0.250. The maximum absolute atomic E-state index is 10.7. The number of amides is 1. The summed E-state index contributed by atoms with van der Waals surface area (Å²) < 4.78 is 0. The summed E-state index contributed by atoms with van der Waals surface area (Å²) in [4.78, 5) is 21.2. The number of aromatic hydroxyl groups is 3. The Morgan fingerprint density at radius 3 is 1.83 bits per heavy atom. The lowest BCUT2D eigenvalue weighted by Crippen LogP contribution is -2.35. The van der Waals surface area contributed by atoms with Crippen LogP contribution >= 0.6 is 0 Å². The molecule has 0 aliphatic rings. The lowest BCUT2D eigenvalue weighted by atomic mass is 10.1. The van der Waals surface area contributed by atoms with Crippen LogP contribution in [-0.2, 0) is 16.0 Å². The first-order chi connectivity index (χ1) is 14.2. The molecule has 0 unspecified atom stereocenters. The maximum Gasteiger partial charge on any atom is 0.321 e. The van der Waals surface area contributed by atoms with Gasteiger partial charge in [0.05, 0.1) is 0 Å². The van der Waals surface area contributed by atoms with Crippen LogP contribution in [0.4, 0.5) is 5.69 Å². The molecule has 8 heteroatoms. The van der Waals surface area contributed by atoms with Gasteiger partial charge in [0.2, 0.25) is 5.91 Å². The first-order valence-corrected chi connectivity index (χ1v) is 9.70. The van der Waals surface area contributed by atoms with E-state index in [1.807, 2.05) is 27.7 Å². The second-order valence-electron chi connectivity index (χ2n) is 5.43. The Kier molecular flexibility index (Phi) is 16.1. The van der Waals surface area contributed by atoms with Crippen LogP contribution in [0.3, 0.4) is 0 Å². The number of carbonyl (C=O) groups excluding carboxylic acids is 1. The number of rotatable bonds is 5. The van der Waals surface area contributed by atoms with E-state index in [0.29, 0.717) is 11.3 Å². The number of aliphatic carboxylic acids is 1. The van der Waals surface area contributed by atoms with Gasteiger partial charge in [-0.25, -0.2) is 0 Å². The normalized spacial score (nSPS) is 9.93. The molecule has 6 N–H and O–H groups in total. The van der Waals surface area contributed by atoms with Gasteiger partial charge >= 0.3 is 5.97 Å². The van der Waals surface area contributed by atoms with E-state index >= 15 is 0 Å². The maximum atomic E-state index is 10.7. The Morgan fingerprint density at radius 2 is 1.43 bits per heavy atom. The first-order valence-electron chi connectivity index (χ1n) is 9.70. The van der Waals surface area contributed by atoms with Crippen molar-refractivity contribution < 1.29 is 30.0 Å². The number of carbonyl (C=O) groups is 2. The molecule has 2 aromatic carbocycles. The zero-order valence-corrected chi connectivity index (χ0v) is 18.4. The van der Waals surface area contributed by atoms with Gasteiger partial charge in [0.25, 0.3) is 0 Å². The number of nitrogens with one attached hydrogen (secondary N) is 2. The Bertz CT molecular complexity index is 748. The highest BCUT2D eigenvalue weighted by Crippen LogP contribution is 2.25. The molecule has 1 amide bonds. The van der Waals surface area contributed by atoms with Crippen LogP contribution in [0.15, 0.2) is 42.5 Å². The minimum absolute atomic E-state index is 0.115. The molecule has 0 saturated heterocycles. The van der Waals surface area contributed by atoms with Crippen molar-refractivity contribution in [3.63, 3.8) is 0 Å². The molecular weight excluding hydrogens is 388 g/mol. The molecule has 0 aliphatic carbocycles. The Labute approximate surface area is 178 Å². The topological polar surface area (TPSA) is 139 Å². The van der Waals surface area contributed by atoms with Gasteiger partial charge in [0.1, 0.15) is 11.8 Å². The second kappa shape index (κ2) is 16.7. The highest BCUT2D eigenvalue weighted by molar-refractivity contribution is 5.88. The lowest BCUT2D eigenvalue weighted by molar-refractivity contribution is -0.139. The van der Waals surface area contributed by atoms with Crippen LogP contribution in [0, 0.1) is 0 Å². The summed E-state index contributed by atoms with van der Waals surface area (Å²) in [6.45, 7) is 9.44. The van der Waals surface area contributed by atoms with Gasteiger partial charge in [-0.3, -0.25) is 9.59 Å². The SMILES string of the molecule is CC.CC.CC(=O)Nc1ccc(O)cc1.CN[C@@H](Cc1ccc(O)c(O)c1)C(=O)O. The smallest absolute Gasteiger partial charge is 0.321 e. The molecular formula is C22H34N2O6. The van der Waals surface area contributed by atoms with E-state index < -0.39 is 12.0 Å². The van der Waals surface area contributed by atoms with Crippen LogP contribution in [0.2, 0.25) is 0 Å². The van der Waals surface area contributed by atoms with E-state index in [4.69, 9.17) is 15.3 Å². The molecule has 0 radical (unpaired) electrons. The van der Waals surface area contributed by atoms with E-state index in [2.05, 4.69) is 10.6 Å². The molecule has 8 nitrogen and oxygen atoms in total. The lowest BCUT2D eigenvalue weighted by Gasteiger charge is -2.11. The molecule has 0 aromatic heterocycles. The van der Waals surface area contributed by atoms with Crippen LogP contribution in [0.1, 0.15) is 40.2 Å². The third kappa shape index (κ3) is 12.2. The average molecular weight is 423 g/mol. The highest BCUT2D eigenvalue weighted by Gasteiger charge is 2.15. The molecule has 30 heavy (non-hydrogen) atoms. The van der Waals surface area contributed by atoms with Gasteiger partial charge in [-0.2, -0.15) is 0 Å². The fraction of sp³-hybridized carbons (Fsp3) is 0.364. The average Bonchev–Trinajstić information content (AvgIpc) is 2.73. The van der Waals surface area contributed by atoms with Gasteiger partial charge in [0.15, 0.2) is 11.5 Å². The third-order valence-corrected chi connectivity index (χ3v) is 3.31. The number of carboxylic acids is 1. The van der Waals surface area contributed by atoms with Crippen LogP contribution in [0.5, 0.6) is 17.2 Å². The number of hydrogen-bond acceptors (Lipinski definition) is 6. The standard InChI is InChI=1S/C10H13NO4.C8H9NO2.2C2H6/c1-11-7(10(14)15)4-6-2-3-8(12)9(13)5-6;1-6(10)9-7-2-4-8(11)5-3-7;2*1-2/h2-3,5,7,11-13H,4H2,1H3,(H,14,15);2-5,11H,1H3,(H,9,10);2*1-2H3/t7-;;;/m0.../s1. The van der Waals surface area contributed by atoms with Crippen molar-refractivity contribution in [3.05, 3.63) is 48.0 Å². The molecule has 0 bridgehead atoms. The van der Waals surface area contributed by atoms with Gasteiger partial charge in [-0.1, -0.05) is 33.8 Å². The van der Waals surface area contributed by atoms with Crippen molar-refractivity contribution in [2.45, 2.75) is 47.1 Å². The summed E-state index contributed by atoms with van der Waals surface area (Å²) in [6, 6.07) is 9.86. The molecule has 1 atom stereocenters. The van der Waals surface area contributed by atoms with E-state index in [-0.39, 0.29) is 29.6 Å². The van der Waals surface area contributed by atoms with Crippen molar-refractivity contribution in [3.8, 4) is 17.2 Å². The van der Waals surface area contributed by atoms with Crippen molar-refractivity contribution >= 4 is 17.6 Å². The van der Waals surface area contributed by atoms with Crippen molar-refractivity contribution in [1.29, 1.82) is 0 Å². The number of anilines is 1. The monoisotopic (exact) mass is 422 g/mol. The molecule has 168 valence electrons. The predicted octanol–water partition coefficient (Wildman–Crippen LogP) is 3.72. The van der Waals surface area contributed by atoms with E-state index in [1.165, 1.54) is 31.2 Å². The molecule has 0 saturated carbocycles. The number of phenols is 3. The van der Waals surface area contributed by atoms with E-state index in [9.17, 15) is 14.7 Å². The summed E-state index contributed by atoms with van der Waals surface area (Å²) in [5, 5.41) is 41.2. The number of likely N-dealkylation sites (N-methyl/N-ethyl adjacent to an activating group) is 1. The Hall–Kier alpha value is -3.26. The summed E-state index contributed by atoms with van der Waals surface area (Å²) in [7, 11) is 1.55. The number of phenolic OH excluding ortho intramolecular Hbond substituents is 3. The minimum Gasteiger partial charge on any atom is -0.508 e. The van der Waals surface area contributed by atoms with Gasteiger partial charge in [-0.15, -0.1) is 0 Å². The van der Waals surface area contributed by atoms with Crippen molar-refractivity contribution in [2.24, 2.45) is 0 Å². The van der Waals surface area contributed by atoms with Crippen LogP contribution < -0.4 is 10.6 Å². The minimum atomic E-state index is -0.954. The van der Waals surface area contributed by atoms with Crippen molar-refractivity contribution in [2.75, 3.05) is 12.4 Å².